The molecule has 5 rings (SSSR count). The Morgan fingerprint density at radius 2 is 1.57 bits per heavy atom. The summed E-state index contributed by atoms with van der Waals surface area (Å²) in [5.41, 5.74) is 5.61. The molecule has 2 heterocycles. The molecule has 3 aliphatic rings. The van der Waals surface area contributed by atoms with Gasteiger partial charge in [-0.2, -0.15) is 0 Å². The molecule has 2 aromatic rings. The average molecular weight is 546 g/mol. The normalized spacial score (nSPS) is 21.2. The van der Waals surface area contributed by atoms with Crippen LogP contribution in [0.2, 0.25) is 5.02 Å². The van der Waals surface area contributed by atoms with E-state index >= 15 is 0 Å². The number of benzene rings is 2. The standard InChI is InChI=1S/C23H28ClNO2S.C6H12N2O/c24-19-6-8-21(9-7-19)27-22-14-15-25(16-22)28-23-12-10-20(11-13-23)26-17-18-4-2-1-3-5-18;7-6-1-3-8(5-9)4-2-6/h6-13,18,22H,1-5,14-17H2;5-6H,1-4,7H2. The van der Waals surface area contributed by atoms with Crippen LogP contribution in [0.3, 0.4) is 0 Å². The van der Waals surface area contributed by atoms with Gasteiger partial charge in [0.25, 0.3) is 0 Å². The predicted molar refractivity (Wildman–Crippen MR) is 151 cm³/mol. The lowest BCUT2D eigenvalue weighted by Crippen LogP contribution is -2.38. The van der Waals surface area contributed by atoms with Gasteiger partial charge in [-0.05, 0) is 98.5 Å². The van der Waals surface area contributed by atoms with E-state index in [2.05, 4.69) is 28.6 Å². The van der Waals surface area contributed by atoms with Gasteiger partial charge in [-0.15, -0.1) is 0 Å². The van der Waals surface area contributed by atoms with E-state index in [1.807, 2.05) is 24.3 Å². The summed E-state index contributed by atoms with van der Waals surface area (Å²) < 4.78 is 14.5. The summed E-state index contributed by atoms with van der Waals surface area (Å²) in [5.74, 6) is 2.62. The molecule has 6 nitrogen and oxygen atoms in total. The van der Waals surface area contributed by atoms with E-state index < -0.39 is 0 Å². The van der Waals surface area contributed by atoms with Crippen molar-refractivity contribution >= 4 is 30.0 Å². The molecule has 3 fully saturated rings. The summed E-state index contributed by atoms with van der Waals surface area (Å²) >= 11 is 7.74. The first-order chi connectivity index (χ1) is 18.1. The first-order valence-corrected chi connectivity index (χ1v) is 14.8. The second-order valence-electron chi connectivity index (χ2n) is 10.2. The third kappa shape index (κ3) is 9.71. The van der Waals surface area contributed by atoms with Gasteiger partial charge in [-0.25, -0.2) is 4.31 Å². The van der Waals surface area contributed by atoms with Gasteiger partial charge in [0.05, 0.1) is 6.61 Å². The number of rotatable bonds is 8. The smallest absolute Gasteiger partial charge is 0.209 e. The molecule has 1 aliphatic carbocycles. The number of carbonyl (C=O) groups excluding carboxylic acids is 1. The Hall–Kier alpha value is -1.93. The maximum atomic E-state index is 10.2. The topological polar surface area (TPSA) is 68.0 Å². The summed E-state index contributed by atoms with van der Waals surface area (Å²) in [6, 6.07) is 16.5. The number of nitrogens with two attached hydrogens (primary N) is 1. The van der Waals surface area contributed by atoms with Crippen LogP contribution in [-0.4, -0.2) is 60.5 Å². The van der Waals surface area contributed by atoms with Crippen LogP contribution in [0.4, 0.5) is 0 Å². The molecule has 0 aromatic heterocycles. The molecule has 0 bridgehead atoms. The molecule has 2 N–H and O–H groups in total. The lowest BCUT2D eigenvalue weighted by molar-refractivity contribution is -0.119. The van der Waals surface area contributed by atoms with E-state index in [1.54, 1.807) is 16.8 Å². The molecular weight excluding hydrogens is 506 g/mol. The van der Waals surface area contributed by atoms with Gasteiger partial charge in [0.15, 0.2) is 0 Å². The monoisotopic (exact) mass is 545 g/mol. The van der Waals surface area contributed by atoms with Crippen LogP contribution in [0.25, 0.3) is 0 Å². The van der Waals surface area contributed by atoms with Gasteiger partial charge in [0, 0.05) is 42.1 Å². The molecular formula is C29H40ClN3O3S. The summed E-state index contributed by atoms with van der Waals surface area (Å²) in [4.78, 5) is 13.2. The zero-order chi connectivity index (χ0) is 25.9. The van der Waals surface area contributed by atoms with E-state index in [1.165, 1.54) is 37.0 Å². The van der Waals surface area contributed by atoms with Gasteiger partial charge in [-0.1, -0.05) is 30.9 Å². The van der Waals surface area contributed by atoms with Crippen molar-refractivity contribution in [1.82, 2.24) is 9.21 Å². The number of carbonyl (C=O) groups is 1. The van der Waals surface area contributed by atoms with Gasteiger partial charge < -0.3 is 20.1 Å². The van der Waals surface area contributed by atoms with Gasteiger partial charge >= 0.3 is 0 Å². The summed E-state index contributed by atoms with van der Waals surface area (Å²) in [5, 5.41) is 0.738. The number of amides is 1. The van der Waals surface area contributed by atoms with Crippen LogP contribution in [-0.2, 0) is 4.79 Å². The Morgan fingerprint density at radius 3 is 2.24 bits per heavy atom. The van der Waals surface area contributed by atoms with Gasteiger partial charge in [0.2, 0.25) is 6.41 Å². The zero-order valence-electron chi connectivity index (χ0n) is 21.6. The third-order valence-corrected chi connectivity index (χ3v) is 8.54. The van der Waals surface area contributed by atoms with Crippen molar-refractivity contribution in [3.8, 4) is 11.5 Å². The lowest BCUT2D eigenvalue weighted by Gasteiger charge is -2.26. The van der Waals surface area contributed by atoms with E-state index in [4.69, 9.17) is 26.8 Å². The highest BCUT2D eigenvalue weighted by molar-refractivity contribution is 7.97. The molecule has 8 heteroatoms. The SMILES string of the molecule is Clc1ccc(OC2CCN(Sc3ccc(OCC4CCCCC4)cc3)C2)cc1.NC1CCN(C=O)CC1. The number of halogens is 1. The van der Waals surface area contributed by atoms with Crippen molar-refractivity contribution < 1.29 is 14.3 Å². The molecule has 1 amide bonds. The van der Waals surface area contributed by atoms with Crippen molar-refractivity contribution in [2.75, 3.05) is 32.8 Å². The minimum atomic E-state index is 0.228. The summed E-state index contributed by atoms with van der Waals surface area (Å²) in [6.45, 7) is 4.49. The summed E-state index contributed by atoms with van der Waals surface area (Å²) in [7, 11) is 0. The van der Waals surface area contributed by atoms with E-state index in [9.17, 15) is 4.79 Å². The van der Waals surface area contributed by atoms with Crippen molar-refractivity contribution in [2.24, 2.45) is 11.7 Å². The van der Waals surface area contributed by atoms with Crippen molar-refractivity contribution in [2.45, 2.75) is 68.4 Å². The Kier molecular flexibility index (Phi) is 11.3. The molecule has 2 saturated heterocycles. The second kappa shape index (κ2) is 14.9. The largest absolute Gasteiger partial charge is 0.493 e. The highest BCUT2D eigenvalue weighted by Gasteiger charge is 2.25. The molecule has 0 radical (unpaired) electrons. The highest BCUT2D eigenvalue weighted by Crippen LogP contribution is 2.30. The minimum Gasteiger partial charge on any atom is -0.493 e. The summed E-state index contributed by atoms with van der Waals surface area (Å²) in [6.07, 6.45) is 10.8. The van der Waals surface area contributed by atoms with Crippen molar-refractivity contribution in [1.29, 1.82) is 0 Å². The highest BCUT2D eigenvalue weighted by atomic mass is 35.5. The number of nitrogens with zero attached hydrogens (tertiary/aromatic N) is 2. The molecule has 1 saturated carbocycles. The van der Waals surface area contributed by atoms with Crippen LogP contribution in [0, 0.1) is 5.92 Å². The molecule has 2 aliphatic heterocycles. The Morgan fingerprint density at radius 1 is 0.892 bits per heavy atom. The van der Waals surface area contributed by atoms with Crippen LogP contribution >= 0.6 is 23.5 Å². The van der Waals surface area contributed by atoms with Gasteiger partial charge in [-0.3, -0.25) is 4.79 Å². The minimum absolute atomic E-state index is 0.228. The molecule has 2 aromatic carbocycles. The number of piperidine rings is 1. The third-order valence-electron chi connectivity index (χ3n) is 7.22. The first-order valence-electron chi connectivity index (χ1n) is 13.6. The first kappa shape index (κ1) is 28.1. The number of ether oxygens (including phenoxy) is 2. The van der Waals surface area contributed by atoms with Crippen LogP contribution < -0.4 is 15.2 Å². The predicted octanol–water partition coefficient (Wildman–Crippen LogP) is 6.03. The fourth-order valence-corrected chi connectivity index (χ4v) is 6.04. The number of likely N-dealkylation sites (tertiary alicyclic amines) is 1. The van der Waals surface area contributed by atoms with Crippen molar-refractivity contribution in [3.63, 3.8) is 0 Å². The molecule has 1 unspecified atom stereocenters. The average Bonchev–Trinajstić information content (AvgIpc) is 3.37. The van der Waals surface area contributed by atoms with E-state index in [-0.39, 0.29) is 6.10 Å². The van der Waals surface area contributed by atoms with Gasteiger partial charge in [0.1, 0.15) is 17.6 Å². The number of hydrogen-bond donors (Lipinski definition) is 1. The maximum Gasteiger partial charge on any atom is 0.209 e. The fourth-order valence-electron chi connectivity index (χ4n) is 4.92. The van der Waals surface area contributed by atoms with Crippen molar-refractivity contribution in [3.05, 3.63) is 53.6 Å². The Labute approximate surface area is 230 Å². The quantitative estimate of drug-likeness (QED) is 0.323. The molecule has 1 atom stereocenters. The number of hydrogen-bond acceptors (Lipinski definition) is 6. The van der Waals surface area contributed by atoms with E-state index in [0.717, 1.165) is 80.9 Å². The Balaban J connectivity index is 0.000000301. The van der Waals surface area contributed by atoms with Crippen LogP contribution in [0.5, 0.6) is 11.5 Å². The molecule has 202 valence electrons. The second-order valence-corrected chi connectivity index (χ2v) is 11.8. The van der Waals surface area contributed by atoms with Crippen LogP contribution in [0.15, 0.2) is 53.4 Å². The van der Waals surface area contributed by atoms with Crippen LogP contribution in [0.1, 0.15) is 51.4 Å². The molecule has 0 spiro atoms. The molecule has 37 heavy (non-hydrogen) atoms. The van der Waals surface area contributed by atoms with E-state index in [0.29, 0.717) is 6.04 Å². The fraction of sp³-hybridized carbons (Fsp3) is 0.552. The lowest BCUT2D eigenvalue weighted by atomic mass is 9.90. The maximum absolute atomic E-state index is 10.2. The zero-order valence-corrected chi connectivity index (χ0v) is 23.2. The Bertz CT molecular complexity index is 932.